The van der Waals surface area contributed by atoms with Crippen LogP contribution in [0.5, 0.6) is 5.75 Å². The van der Waals surface area contributed by atoms with Crippen LogP contribution < -0.4 is 15.4 Å². The van der Waals surface area contributed by atoms with Gasteiger partial charge in [-0.1, -0.05) is 19.9 Å². The molecule has 1 aromatic heterocycles. The number of aromatic nitrogens is 2. The maximum absolute atomic E-state index is 13.3. The van der Waals surface area contributed by atoms with Gasteiger partial charge in [-0.05, 0) is 38.8 Å². The van der Waals surface area contributed by atoms with Gasteiger partial charge < -0.3 is 15.4 Å². The number of aliphatic imine (C=N–C) groups is 1. The van der Waals surface area contributed by atoms with Crippen molar-refractivity contribution in [3.63, 3.8) is 0 Å². The molecule has 1 heterocycles. The molecule has 2 aromatic rings. The second-order valence-corrected chi connectivity index (χ2v) is 6.66. The zero-order valence-electron chi connectivity index (χ0n) is 17.6. The van der Waals surface area contributed by atoms with E-state index in [1.54, 1.807) is 12.1 Å². The molecule has 1 unspecified atom stereocenters. The van der Waals surface area contributed by atoms with Gasteiger partial charge in [-0.2, -0.15) is 5.10 Å². The maximum Gasteiger partial charge on any atom is 0.191 e. The van der Waals surface area contributed by atoms with Gasteiger partial charge in [-0.3, -0.25) is 4.68 Å². The molecule has 0 aliphatic heterocycles. The van der Waals surface area contributed by atoms with Crippen molar-refractivity contribution in [1.29, 1.82) is 0 Å². The van der Waals surface area contributed by atoms with E-state index in [1.807, 2.05) is 25.6 Å². The third-order valence-electron chi connectivity index (χ3n) is 4.46. The first-order valence-electron chi connectivity index (χ1n) is 9.96. The molecule has 0 aliphatic carbocycles. The van der Waals surface area contributed by atoms with Crippen molar-refractivity contribution in [2.45, 2.75) is 53.2 Å². The summed E-state index contributed by atoms with van der Waals surface area (Å²) in [6.07, 6.45) is 1.68. The van der Waals surface area contributed by atoms with Crippen molar-refractivity contribution in [3.05, 3.63) is 47.0 Å². The van der Waals surface area contributed by atoms with Gasteiger partial charge in [-0.25, -0.2) is 9.38 Å². The molecule has 0 spiro atoms. The first kappa shape index (κ1) is 21.7. The fourth-order valence-electron chi connectivity index (χ4n) is 3.13. The Morgan fingerprint density at radius 2 is 2.04 bits per heavy atom. The summed E-state index contributed by atoms with van der Waals surface area (Å²) in [5.41, 5.74) is 3.52. The molecule has 0 saturated heterocycles. The van der Waals surface area contributed by atoms with Gasteiger partial charge in [0, 0.05) is 30.9 Å². The summed E-state index contributed by atoms with van der Waals surface area (Å²) >= 11 is 0. The lowest BCUT2D eigenvalue weighted by Gasteiger charge is -2.18. The number of nitrogens with one attached hydrogen (secondary N) is 2. The zero-order valence-corrected chi connectivity index (χ0v) is 17.6. The van der Waals surface area contributed by atoms with Crippen molar-refractivity contribution in [2.75, 3.05) is 13.1 Å². The number of halogens is 1. The predicted octanol–water partition coefficient (Wildman–Crippen LogP) is 3.21. The highest BCUT2D eigenvalue weighted by Gasteiger charge is 2.13. The molecule has 0 amide bonds. The minimum atomic E-state index is -0.303. The number of nitrogens with zero attached hydrogens (tertiary/aromatic N) is 3. The van der Waals surface area contributed by atoms with Crippen molar-refractivity contribution >= 4 is 5.96 Å². The van der Waals surface area contributed by atoms with Gasteiger partial charge in [0.1, 0.15) is 17.7 Å². The van der Waals surface area contributed by atoms with E-state index >= 15 is 0 Å². The van der Waals surface area contributed by atoms with Gasteiger partial charge in [0.25, 0.3) is 0 Å². The number of hydrogen-bond donors (Lipinski definition) is 2. The van der Waals surface area contributed by atoms with Crippen LogP contribution in [0.3, 0.4) is 0 Å². The largest absolute Gasteiger partial charge is 0.489 e. The molecule has 1 aromatic carbocycles. The summed E-state index contributed by atoms with van der Waals surface area (Å²) in [6.45, 7) is 10.1. The van der Waals surface area contributed by atoms with Crippen LogP contribution in [0.25, 0.3) is 0 Å². The van der Waals surface area contributed by atoms with E-state index < -0.39 is 0 Å². The highest BCUT2D eigenvalue weighted by molar-refractivity contribution is 5.79. The number of rotatable bonds is 9. The van der Waals surface area contributed by atoms with E-state index in [4.69, 9.17) is 9.73 Å². The van der Waals surface area contributed by atoms with Crippen LogP contribution in [0.4, 0.5) is 4.39 Å². The smallest absolute Gasteiger partial charge is 0.191 e. The minimum Gasteiger partial charge on any atom is -0.489 e. The van der Waals surface area contributed by atoms with Crippen molar-refractivity contribution in [3.8, 4) is 5.75 Å². The highest BCUT2D eigenvalue weighted by Crippen LogP contribution is 2.16. The van der Waals surface area contributed by atoms with Crippen LogP contribution in [-0.2, 0) is 26.4 Å². The molecule has 0 fully saturated rings. The standard InChI is InChI=1S/C21H32FN5O/c1-6-19-18(20(7-2)27(5)26-19)14-25-21(23-8-3)24-13-15(4)28-17-11-9-10-16(22)12-17/h9-12,15H,6-8,13-14H2,1-5H3,(H2,23,24,25). The van der Waals surface area contributed by atoms with E-state index in [2.05, 4.69) is 29.6 Å². The van der Waals surface area contributed by atoms with Gasteiger partial charge in [0.05, 0.1) is 18.8 Å². The van der Waals surface area contributed by atoms with Crippen LogP contribution in [0, 0.1) is 5.82 Å². The average Bonchev–Trinajstić information content (AvgIpc) is 2.98. The van der Waals surface area contributed by atoms with Crippen LogP contribution in [-0.4, -0.2) is 34.9 Å². The molecule has 0 saturated carbocycles. The molecule has 0 bridgehead atoms. The van der Waals surface area contributed by atoms with Crippen molar-refractivity contribution in [2.24, 2.45) is 12.0 Å². The Bertz CT molecular complexity index is 787. The Balaban J connectivity index is 2.01. The fraction of sp³-hybridized carbons (Fsp3) is 0.524. The first-order valence-corrected chi connectivity index (χ1v) is 9.96. The summed E-state index contributed by atoms with van der Waals surface area (Å²) < 4.78 is 21.0. The molecule has 1 atom stereocenters. The van der Waals surface area contributed by atoms with Crippen LogP contribution in [0.15, 0.2) is 29.3 Å². The quantitative estimate of drug-likeness (QED) is 0.511. The Hall–Kier alpha value is -2.57. The molecule has 7 heteroatoms. The number of ether oxygens (including phenoxy) is 1. The van der Waals surface area contributed by atoms with E-state index in [1.165, 1.54) is 23.4 Å². The van der Waals surface area contributed by atoms with E-state index in [0.717, 1.165) is 31.0 Å². The average molecular weight is 390 g/mol. The fourth-order valence-corrected chi connectivity index (χ4v) is 3.13. The topological polar surface area (TPSA) is 63.5 Å². The molecule has 6 nitrogen and oxygen atoms in total. The third-order valence-corrected chi connectivity index (χ3v) is 4.46. The molecule has 154 valence electrons. The van der Waals surface area contributed by atoms with E-state index in [-0.39, 0.29) is 11.9 Å². The first-order chi connectivity index (χ1) is 13.5. The molecule has 2 N–H and O–H groups in total. The molecule has 0 aliphatic rings. The monoisotopic (exact) mass is 389 g/mol. The number of hydrogen-bond acceptors (Lipinski definition) is 3. The Labute approximate surface area is 167 Å². The number of benzene rings is 1. The zero-order chi connectivity index (χ0) is 20.5. The lowest BCUT2D eigenvalue weighted by molar-refractivity contribution is 0.223. The van der Waals surface area contributed by atoms with Gasteiger partial charge in [0.2, 0.25) is 0 Å². The third kappa shape index (κ3) is 5.97. The van der Waals surface area contributed by atoms with Crippen molar-refractivity contribution in [1.82, 2.24) is 20.4 Å². The summed E-state index contributed by atoms with van der Waals surface area (Å²) in [7, 11) is 1.99. The lowest BCUT2D eigenvalue weighted by atomic mass is 10.1. The van der Waals surface area contributed by atoms with E-state index in [9.17, 15) is 4.39 Å². The molecular formula is C21H32FN5O. The highest BCUT2D eigenvalue weighted by atomic mass is 19.1. The van der Waals surface area contributed by atoms with Crippen LogP contribution in [0.1, 0.15) is 44.6 Å². The molecule has 0 radical (unpaired) electrons. The normalized spacial score (nSPS) is 12.7. The van der Waals surface area contributed by atoms with E-state index in [0.29, 0.717) is 18.8 Å². The SMILES string of the molecule is CCNC(=NCc1c(CC)nn(C)c1CC)NCC(C)Oc1cccc(F)c1. The Morgan fingerprint density at radius 1 is 1.25 bits per heavy atom. The van der Waals surface area contributed by atoms with Crippen LogP contribution >= 0.6 is 0 Å². The predicted molar refractivity (Wildman–Crippen MR) is 111 cm³/mol. The summed E-state index contributed by atoms with van der Waals surface area (Å²) in [6, 6.07) is 6.18. The molecule has 2 rings (SSSR count). The van der Waals surface area contributed by atoms with Gasteiger partial charge >= 0.3 is 0 Å². The van der Waals surface area contributed by atoms with Crippen LogP contribution in [0.2, 0.25) is 0 Å². The second-order valence-electron chi connectivity index (χ2n) is 6.66. The number of aryl methyl sites for hydroxylation is 2. The van der Waals surface area contributed by atoms with Crippen molar-refractivity contribution < 1.29 is 9.13 Å². The summed E-state index contributed by atoms with van der Waals surface area (Å²) in [5, 5.41) is 11.2. The Morgan fingerprint density at radius 3 is 2.68 bits per heavy atom. The molecule has 28 heavy (non-hydrogen) atoms. The van der Waals surface area contributed by atoms with Gasteiger partial charge in [0.15, 0.2) is 5.96 Å². The number of guanidine groups is 1. The lowest BCUT2D eigenvalue weighted by Crippen LogP contribution is -2.41. The maximum atomic E-state index is 13.3. The Kier molecular flexibility index (Phi) is 8.29. The summed E-state index contributed by atoms with van der Waals surface area (Å²) in [5.74, 6) is 0.944. The van der Waals surface area contributed by atoms with Gasteiger partial charge in [-0.15, -0.1) is 0 Å². The summed E-state index contributed by atoms with van der Waals surface area (Å²) in [4.78, 5) is 4.73. The molecular weight excluding hydrogens is 357 g/mol. The minimum absolute atomic E-state index is 0.138. The second kappa shape index (κ2) is 10.7.